The molecule has 0 bridgehead atoms. The molecule has 2 fully saturated rings. The van der Waals surface area contributed by atoms with Crippen LogP contribution >= 0.6 is 11.6 Å². The van der Waals surface area contributed by atoms with Crippen LogP contribution < -0.4 is 10.6 Å². The summed E-state index contributed by atoms with van der Waals surface area (Å²) in [5, 5.41) is 11.1. The molecule has 1 aromatic rings. The van der Waals surface area contributed by atoms with E-state index in [2.05, 4.69) is 14.8 Å². The summed E-state index contributed by atoms with van der Waals surface area (Å²) in [7, 11) is 0. The Kier molecular flexibility index (Phi) is 4.97. The average molecular weight is 337 g/mol. The molecular formula is C17H25ClN4O. The highest BCUT2D eigenvalue weighted by Crippen LogP contribution is 2.29. The number of hydrogen-bond acceptors (Lipinski definition) is 3. The summed E-state index contributed by atoms with van der Waals surface area (Å²) in [6, 6.07) is 7.93. The Labute approximate surface area is 142 Å². The third-order valence-electron chi connectivity index (χ3n) is 4.87. The van der Waals surface area contributed by atoms with Crippen LogP contribution in [0, 0.1) is 0 Å². The van der Waals surface area contributed by atoms with Gasteiger partial charge < -0.3 is 20.6 Å². The maximum atomic E-state index is 10.4. The molecule has 6 heteroatoms. The lowest BCUT2D eigenvalue weighted by atomic mass is 10.0. The van der Waals surface area contributed by atoms with Gasteiger partial charge in [-0.15, -0.1) is 0 Å². The summed E-state index contributed by atoms with van der Waals surface area (Å²) in [4.78, 5) is 8.87. The summed E-state index contributed by atoms with van der Waals surface area (Å²) in [6.45, 7) is 3.92. The van der Waals surface area contributed by atoms with E-state index in [0.717, 1.165) is 56.9 Å². The van der Waals surface area contributed by atoms with E-state index in [-0.39, 0.29) is 0 Å². The molecule has 1 aliphatic heterocycles. The first kappa shape index (κ1) is 16.4. The number of guanidine groups is 1. The maximum Gasteiger partial charge on any atom is 0.191 e. The van der Waals surface area contributed by atoms with E-state index >= 15 is 0 Å². The molecule has 0 atom stereocenters. The fourth-order valence-corrected chi connectivity index (χ4v) is 3.49. The fraction of sp³-hybridized carbons (Fsp3) is 0.588. The molecule has 0 unspecified atom stereocenters. The standard InChI is InChI=1S/C17H25ClN4O/c18-14-3-5-15(6-4-14)21-9-11-22(12-10-21)16(19)20-13-17(23)7-1-2-8-17/h3-6,23H,1-2,7-13H2,(H2,19,20). The van der Waals surface area contributed by atoms with Gasteiger partial charge >= 0.3 is 0 Å². The first-order valence-electron chi connectivity index (χ1n) is 8.34. The number of halogens is 1. The molecule has 1 saturated heterocycles. The van der Waals surface area contributed by atoms with Crippen molar-refractivity contribution in [1.82, 2.24) is 4.90 Å². The smallest absolute Gasteiger partial charge is 0.191 e. The van der Waals surface area contributed by atoms with Gasteiger partial charge in [-0.05, 0) is 37.1 Å². The van der Waals surface area contributed by atoms with Gasteiger partial charge in [-0.1, -0.05) is 24.4 Å². The second-order valence-corrected chi connectivity index (χ2v) is 6.99. The maximum absolute atomic E-state index is 10.4. The van der Waals surface area contributed by atoms with Crippen LogP contribution in [0.4, 0.5) is 5.69 Å². The van der Waals surface area contributed by atoms with Gasteiger partial charge in [-0.2, -0.15) is 0 Å². The number of nitrogens with two attached hydrogens (primary N) is 1. The number of rotatable bonds is 3. The van der Waals surface area contributed by atoms with Crippen molar-refractivity contribution in [2.75, 3.05) is 37.6 Å². The Morgan fingerprint density at radius 1 is 1.13 bits per heavy atom. The van der Waals surface area contributed by atoms with Crippen molar-refractivity contribution < 1.29 is 5.11 Å². The monoisotopic (exact) mass is 336 g/mol. The Morgan fingerprint density at radius 3 is 2.35 bits per heavy atom. The van der Waals surface area contributed by atoms with Gasteiger partial charge in [-0.25, -0.2) is 0 Å². The molecule has 5 nitrogen and oxygen atoms in total. The zero-order valence-electron chi connectivity index (χ0n) is 13.4. The van der Waals surface area contributed by atoms with Crippen LogP contribution in [0.2, 0.25) is 5.02 Å². The molecular weight excluding hydrogens is 312 g/mol. The molecule has 1 heterocycles. The van der Waals surface area contributed by atoms with E-state index in [0.29, 0.717) is 12.5 Å². The van der Waals surface area contributed by atoms with Gasteiger partial charge in [0.05, 0.1) is 12.1 Å². The molecule has 0 spiro atoms. The number of hydrogen-bond donors (Lipinski definition) is 2. The molecule has 3 rings (SSSR count). The van der Waals surface area contributed by atoms with E-state index < -0.39 is 5.60 Å². The normalized spacial score (nSPS) is 21.7. The van der Waals surface area contributed by atoms with E-state index in [4.69, 9.17) is 17.3 Å². The third kappa shape index (κ3) is 4.09. The Balaban J connectivity index is 1.52. The second-order valence-electron chi connectivity index (χ2n) is 6.56. The minimum absolute atomic E-state index is 0.427. The predicted octanol–water partition coefficient (Wildman–Crippen LogP) is 2.08. The topological polar surface area (TPSA) is 65.1 Å². The van der Waals surface area contributed by atoms with Gasteiger partial charge in [0.1, 0.15) is 0 Å². The zero-order chi connectivity index (χ0) is 16.3. The van der Waals surface area contributed by atoms with Crippen molar-refractivity contribution in [1.29, 1.82) is 0 Å². The van der Waals surface area contributed by atoms with Crippen LogP contribution in [0.3, 0.4) is 0 Å². The van der Waals surface area contributed by atoms with Crippen LogP contribution in [0.25, 0.3) is 0 Å². The lowest BCUT2D eigenvalue weighted by molar-refractivity contribution is 0.0572. The molecule has 2 aliphatic rings. The number of anilines is 1. The van der Waals surface area contributed by atoms with Crippen molar-refractivity contribution >= 4 is 23.2 Å². The van der Waals surface area contributed by atoms with E-state index in [1.165, 1.54) is 5.69 Å². The first-order chi connectivity index (χ1) is 11.1. The van der Waals surface area contributed by atoms with Crippen molar-refractivity contribution in [3.05, 3.63) is 29.3 Å². The van der Waals surface area contributed by atoms with Gasteiger partial charge in [-0.3, -0.25) is 4.99 Å². The van der Waals surface area contributed by atoms with Crippen LogP contribution in [-0.2, 0) is 0 Å². The summed E-state index contributed by atoms with van der Waals surface area (Å²) in [5.41, 5.74) is 6.67. The highest BCUT2D eigenvalue weighted by molar-refractivity contribution is 6.30. The third-order valence-corrected chi connectivity index (χ3v) is 5.12. The number of benzene rings is 1. The number of aliphatic imine (C=N–C) groups is 1. The van der Waals surface area contributed by atoms with Crippen LogP contribution in [-0.4, -0.2) is 54.3 Å². The summed E-state index contributed by atoms with van der Waals surface area (Å²) in [6.07, 6.45) is 3.86. The lowest BCUT2D eigenvalue weighted by Crippen LogP contribution is -2.51. The molecule has 126 valence electrons. The van der Waals surface area contributed by atoms with E-state index in [1.54, 1.807) is 0 Å². The SMILES string of the molecule is NC(=NCC1(O)CCCC1)N1CCN(c2ccc(Cl)cc2)CC1. The number of piperazine rings is 1. The highest BCUT2D eigenvalue weighted by Gasteiger charge is 2.31. The summed E-state index contributed by atoms with van der Waals surface area (Å²) < 4.78 is 0. The minimum Gasteiger partial charge on any atom is -0.388 e. The predicted molar refractivity (Wildman–Crippen MR) is 95.1 cm³/mol. The van der Waals surface area contributed by atoms with Crippen molar-refractivity contribution in [3.8, 4) is 0 Å². The van der Waals surface area contributed by atoms with Crippen LogP contribution in [0.5, 0.6) is 0 Å². The summed E-state index contributed by atoms with van der Waals surface area (Å²) >= 11 is 5.94. The number of aliphatic hydroxyl groups is 1. The zero-order valence-corrected chi connectivity index (χ0v) is 14.2. The average Bonchev–Trinajstić information content (AvgIpc) is 3.01. The Morgan fingerprint density at radius 2 is 1.74 bits per heavy atom. The second kappa shape index (κ2) is 6.97. The highest BCUT2D eigenvalue weighted by atomic mass is 35.5. The van der Waals surface area contributed by atoms with Gasteiger partial charge in [0.2, 0.25) is 0 Å². The summed E-state index contributed by atoms with van der Waals surface area (Å²) in [5.74, 6) is 0.557. The van der Waals surface area contributed by atoms with Crippen LogP contribution in [0.15, 0.2) is 29.3 Å². The number of nitrogens with zero attached hydrogens (tertiary/aromatic N) is 3. The van der Waals surface area contributed by atoms with Crippen LogP contribution in [0.1, 0.15) is 25.7 Å². The molecule has 1 saturated carbocycles. The lowest BCUT2D eigenvalue weighted by Gasteiger charge is -2.36. The molecule has 23 heavy (non-hydrogen) atoms. The van der Waals surface area contributed by atoms with E-state index in [1.807, 2.05) is 24.3 Å². The van der Waals surface area contributed by atoms with Crippen molar-refractivity contribution in [2.45, 2.75) is 31.3 Å². The van der Waals surface area contributed by atoms with Crippen molar-refractivity contribution in [2.24, 2.45) is 10.7 Å². The Bertz CT molecular complexity index is 546. The molecule has 0 radical (unpaired) electrons. The van der Waals surface area contributed by atoms with Gasteiger partial charge in [0, 0.05) is 36.9 Å². The van der Waals surface area contributed by atoms with Crippen molar-refractivity contribution in [3.63, 3.8) is 0 Å². The molecule has 1 aliphatic carbocycles. The minimum atomic E-state index is -0.629. The molecule has 0 aromatic heterocycles. The molecule has 3 N–H and O–H groups in total. The Hall–Kier alpha value is -1.46. The quantitative estimate of drug-likeness (QED) is 0.655. The fourth-order valence-electron chi connectivity index (χ4n) is 3.37. The largest absolute Gasteiger partial charge is 0.388 e. The van der Waals surface area contributed by atoms with E-state index in [9.17, 15) is 5.11 Å². The molecule has 0 amide bonds. The van der Waals surface area contributed by atoms with Gasteiger partial charge in [0.25, 0.3) is 0 Å². The first-order valence-corrected chi connectivity index (χ1v) is 8.71. The molecule has 1 aromatic carbocycles. The van der Waals surface area contributed by atoms with Gasteiger partial charge in [0.15, 0.2) is 5.96 Å².